The number of rotatable bonds is 3. The predicted octanol–water partition coefficient (Wildman–Crippen LogP) is 2.08. The predicted molar refractivity (Wildman–Crippen MR) is 31.1 cm³/mol. The second-order valence-corrected chi connectivity index (χ2v) is 2.51. The lowest BCUT2D eigenvalue weighted by Crippen LogP contribution is -2.19. The zero-order valence-electron chi connectivity index (χ0n) is 4.56. The summed E-state index contributed by atoms with van der Waals surface area (Å²) in [6, 6.07) is 0. The third kappa shape index (κ3) is 2.95. The van der Waals surface area contributed by atoms with Crippen molar-refractivity contribution in [3.8, 4) is 0 Å². The Kier molecular flexibility index (Phi) is 3.35. The molecule has 4 radical (unpaired) electrons. The Labute approximate surface area is 55.2 Å². The average molecular weight is 157 g/mol. The van der Waals surface area contributed by atoms with Crippen LogP contribution < -0.4 is 0 Å². The van der Waals surface area contributed by atoms with Crippen LogP contribution in [0.4, 0.5) is 11.7 Å². The lowest BCUT2D eigenvalue weighted by Gasteiger charge is -2.23. The van der Waals surface area contributed by atoms with Crippen molar-refractivity contribution in [2.24, 2.45) is 0 Å². The van der Waals surface area contributed by atoms with Crippen molar-refractivity contribution in [2.75, 3.05) is 13.1 Å². The lowest BCUT2D eigenvalue weighted by molar-refractivity contribution is 0.442. The summed E-state index contributed by atoms with van der Waals surface area (Å²) in [4.78, 5) is 0. The monoisotopic (exact) mass is 157 g/mol. The maximum atomic E-state index is 11.6. The summed E-state index contributed by atoms with van der Waals surface area (Å²) in [5.41, 5.74) is 0. The summed E-state index contributed by atoms with van der Waals surface area (Å²) in [5, 5.41) is 0. The van der Waals surface area contributed by atoms with Gasteiger partial charge in [0.25, 0.3) is 11.4 Å². The summed E-state index contributed by atoms with van der Waals surface area (Å²) < 4.78 is 34.8. The van der Waals surface area contributed by atoms with Crippen LogP contribution in [0.5, 0.6) is 0 Å². The highest BCUT2D eigenvalue weighted by Crippen LogP contribution is 2.55. The highest BCUT2D eigenvalue weighted by Gasteiger charge is 2.28. The maximum Gasteiger partial charge on any atom is 0.278 e. The van der Waals surface area contributed by atoms with Crippen molar-refractivity contribution >= 4 is 11.4 Å². The van der Waals surface area contributed by atoms with Crippen molar-refractivity contribution in [3.05, 3.63) is 13.8 Å². The van der Waals surface area contributed by atoms with Crippen LogP contribution in [0.25, 0.3) is 0 Å². The second kappa shape index (κ2) is 3.31. The van der Waals surface area contributed by atoms with Crippen molar-refractivity contribution in [1.29, 1.82) is 0 Å². The Morgan fingerprint density at radius 2 is 1.44 bits per heavy atom. The van der Waals surface area contributed by atoms with Gasteiger partial charge < -0.3 is 0 Å². The largest absolute Gasteiger partial charge is 0.278 e. The van der Waals surface area contributed by atoms with E-state index in [0.717, 1.165) is 0 Å². The molecule has 0 fully saturated rings. The smallest absolute Gasteiger partial charge is 0.192 e. The van der Waals surface area contributed by atoms with Crippen LogP contribution in [-0.2, 0) is 0 Å². The molecule has 1 nitrogen and oxygen atoms in total. The molecule has 0 rings (SSSR count). The molecular formula is C4H6F3NS. The first-order valence-electron chi connectivity index (χ1n) is 2.09. The molecule has 0 unspecified atom stereocenters. The maximum absolute atomic E-state index is 11.6. The number of nitrogens with zero attached hydrogens (tertiary/aromatic N) is 1. The van der Waals surface area contributed by atoms with Gasteiger partial charge in [0, 0.05) is 13.1 Å². The fraction of sp³-hybridized carbons (Fsp3) is 0.500. The van der Waals surface area contributed by atoms with E-state index in [0.29, 0.717) is 0 Å². The molecule has 0 amide bonds. The molecule has 0 saturated carbocycles. The van der Waals surface area contributed by atoms with Gasteiger partial charge in [-0.2, -0.15) is 4.31 Å². The second-order valence-electron chi connectivity index (χ2n) is 1.23. The molecule has 0 N–H and O–H groups in total. The summed E-state index contributed by atoms with van der Waals surface area (Å²) >= 11 is -5.18. The van der Waals surface area contributed by atoms with E-state index >= 15 is 0 Å². The van der Waals surface area contributed by atoms with Crippen LogP contribution in [0.3, 0.4) is 0 Å². The van der Waals surface area contributed by atoms with Crippen LogP contribution in [0.2, 0.25) is 0 Å². The Balaban J connectivity index is 3.79. The third-order valence-electron chi connectivity index (χ3n) is 0.700. The third-order valence-corrected chi connectivity index (χ3v) is 1.58. The van der Waals surface area contributed by atoms with E-state index in [1.165, 1.54) is 0 Å². The van der Waals surface area contributed by atoms with E-state index in [1.54, 1.807) is 0 Å². The van der Waals surface area contributed by atoms with Gasteiger partial charge in [-0.25, -0.2) is 0 Å². The van der Waals surface area contributed by atoms with E-state index in [1.807, 2.05) is 0 Å². The van der Waals surface area contributed by atoms with Gasteiger partial charge in [-0.15, -0.1) is 11.7 Å². The molecule has 54 valence electrons. The summed E-state index contributed by atoms with van der Waals surface area (Å²) in [6.45, 7) is 8.31. The van der Waals surface area contributed by atoms with E-state index in [9.17, 15) is 11.7 Å². The molecular weight excluding hydrogens is 151 g/mol. The molecule has 0 atom stereocenters. The minimum absolute atomic E-state index is 0.0764. The molecule has 0 heterocycles. The van der Waals surface area contributed by atoms with Gasteiger partial charge in [-0.1, -0.05) is 0 Å². The van der Waals surface area contributed by atoms with Gasteiger partial charge in [0.2, 0.25) is 0 Å². The minimum Gasteiger partial charge on any atom is -0.192 e. The Morgan fingerprint density at radius 1 is 1.11 bits per heavy atom. The van der Waals surface area contributed by atoms with E-state index in [2.05, 4.69) is 0 Å². The van der Waals surface area contributed by atoms with Crippen molar-refractivity contribution in [1.82, 2.24) is 4.31 Å². The Bertz CT molecular complexity index is 78.4. The average Bonchev–Trinajstić information content (AvgIpc) is 1.65. The molecule has 0 aliphatic carbocycles. The molecule has 0 aliphatic heterocycles. The van der Waals surface area contributed by atoms with E-state index in [-0.39, 0.29) is 4.31 Å². The van der Waals surface area contributed by atoms with Gasteiger partial charge in [0.1, 0.15) is 0 Å². The zero-order chi connectivity index (χ0) is 7.49. The highest BCUT2D eigenvalue weighted by molar-refractivity contribution is 8.18. The summed E-state index contributed by atoms with van der Waals surface area (Å²) in [6.07, 6.45) is 0. The first-order valence-corrected chi connectivity index (χ1v) is 3.39. The van der Waals surface area contributed by atoms with Gasteiger partial charge in [-0.3, -0.25) is 0 Å². The van der Waals surface area contributed by atoms with Crippen molar-refractivity contribution < 1.29 is 11.7 Å². The molecule has 0 aromatic carbocycles. The Morgan fingerprint density at radius 3 is 1.44 bits per heavy atom. The molecule has 0 aliphatic rings. The first kappa shape index (κ1) is 9.10. The van der Waals surface area contributed by atoms with Crippen LogP contribution in [0, 0.1) is 13.8 Å². The summed E-state index contributed by atoms with van der Waals surface area (Å²) in [7, 11) is 0. The fourth-order valence-corrected chi connectivity index (χ4v) is 0.582. The summed E-state index contributed by atoms with van der Waals surface area (Å²) in [5.74, 6) is 0. The molecule has 0 bridgehead atoms. The van der Waals surface area contributed by atoms with Crippen molar-refractivity contribution in [3.63, 3.8) is 0 Å². The lowest BCUT2D eigenvalue weighted by atomic mass is 10.7. The quantitative estimate of drug-likeness (QED) is 0.606. The number of hydrogen-bond acceptors (Lipinski definition) is 1. The van der Waals surface area contributed by atoms with Gasteiger partial charge in [-0.05, 0) is 13.8 Å². The van der Waals surface area contributed by atoms with Crippen LogP contribution in [0.1, 0.15) is 0 Å². The normalized spacial score (nSPS) is 14.4. The molecule has 0 aromatic rings. The van der Waals surface area contributed by atoms with E-state index in [4.69, 9.17) is 13.8 Å². The molecule has 5 heteroatoms. The first-order chi connectivity index (χ1) is 4.02. The highest BCUT2D eigenvalue weighted by atomic mass is 32.3. The topological polar surface area (TPSA) is 3.24 Å². The molecule has 0 aromatic heterocycles. The SMILES string of the molecule is [CH]CN(C[CH])S(F)(F)F. The Hall–Kier alpha value is 0.100. The number of hydrogen-bond donors (Lipinski definition) is 0. The van der Waals surface area contributed by atoms with Crippen LogP contribution in [0.15, 0.2) is 0 Å². The van der Waals surface area contributed by atoms with Crippen LogP contribution >= 0.6 is 11.4 Å². The fourth-order valence-electron chi connectivity index (χ4n) is 0.244. The van der Waals surface area contributed by atoms with Gasteiger partial charge in [0.15, 0.2) is 0 Å². The van der Waals surface area contributed by atoms with Gasteiger partial charge >= 0.3 is 0 Å². The molecule has 0 saturated heterocycles. The standard InChI is InChI=1S/C4H6F3NS/c1-3-8(4-2)9(5,6)7/h1-2H,3-4H2. The minimum atomic E-state index is -5.18. The van der Waals surface area contributed by atoms with Gasteiger partial charge in [0.05, 0.1) is 0 Å². The molecule has 9 heavy (non-hydrogen) atoms. The zero-order valence-corrected chi connectivity index (χ0v) is 5.37. The van der Waals surface area contributed by atoms with E-state index < -0.39 is 24.5 Å². The number of halogens is 3. The van der Waals surface area contributed by atoms with Crippen molar-refractivity contribution in [2.45, 2.75) is 0 Å². The van der Waals surface area contributed by atoms with Crippen LogP contribution in [-0.4, -0.2) is 17.4 Å². The molecule has 0 spiro atoms.